The summed E-state index contributed by atoms with van der Waals surface area (Å²) in [5.41, 5.74) is 0. The van der Waals surface area contributed by atoms with Crippen molar-refractivity contribution in [3.8, 4) is 0 Å². The van der Waals surface area contributed by atoms with Gasteiger partial charge in [-0.15, -0.1) is 0 Å². The summed E-state index contributed by atoms with van der Waals surface area (Å²) in [5, 5.41) is 2.65. The zero-order valence-corrected chi connectivity index (χ0v) is 25.7. The van der Waals surface area contributed by atoms with Crippen molar-refractivity contribution in [3.63, 3.8) is 0 Å². The summed E-state index contributed by atoms with van der Waals surface area (Å²) < 4.78 is 36.3. The van der Waals surface area contributed by atoms with Gasteiger partial charge in [-0.05, 0) is 0 Å². The van der Waals surface area contributed by atoms with Crippen molar-refractivity contribution in [3.05, 3.63) is 148 Å². The molecule has 0 unspecified atom stereocenters. The maximum absolute atomic E-state index is 7.50. The second kappa shape index (κ2) is 25.3. The molecule has 4 aromatic carbocycles. The third kappa shape index (κ3) is 13.1. The van der Waals surface area contributed by atoms with E-state index in [1.54, 1.807) is 17.4 Å². The van der Waals surface area contributed by atoms with Crippen molar-refractivity contribution < 1.29 is 39.7 Å². The van der Waals surface area contributed by atoms with Gasteiger partial charge in [0, 0.05) is 21.1 Å². The first-order valence-corrected chi connectivity index (χ1v) is 16.9. The normalized spacial score (nSPS) is 8.59. The van der Waals surface area contributed by atoms with Crippen molar-refractivity contribution in [2.75, 3.05) is 0 Å². The minimum atomic E-state index is -1.30. The molecule has 0 spiro atoms. The van der Waals surface area contributed by atoms with Gasteiger partial charge in [0.05, 0.1) is 0 Å². The molecular formula is C30H24As2MoO4. The average Bonchev–Trinajstić information content (AvgIpc) is 3.01. The Kier molecular flexibility index (Phi) is 25.2. The first-order valence-electron chi connectivity index (χ1n) is 10.5. The summed E-state index contributed by atoms with van der Waals surface area (Å²) in [6.45, 7) is 18.0. The molecule has 0 saturated heterocycles. The molecule has 0 heterocycles. The number of benzene rings is 4. The molecule has 4 aromatic rings. The molecule has 0 amide bonds. The average molecular weight is 694 g/mol. The molecule has 0 aliphatic rings. The van der Waals surface area contributed by atoms with Gasteiger partial charge in [0.1, 0.15) is 0 Å². The molecule has 0 bridgehead atoms. The SMILES string of the molecule is [C-]#[O+].[C-]#[O+].[C-]#[O+].[C-]#[O+].[Mo].c1ccc([As](CC[As](c2ccccc2)c2ccccc2)c2ccccc2)cc1. The van der Waals surface area contributed by atoms with Crippen LogP contribution < -0.4 is 17.4 Å². The van der Waals surface area contributed by atoms with Crippen LogP contribution in [0.25, 0.3) is 0 Å². The van der Waals surface area contributed by atoms with E-state index < -0.39 is 29.3 Å². The second-order valence-electron chi connectivity index (χ2n) is 6.65. The number of rotatable bonds is 7. The van der Waals surface area contributed by atoms with Crippen molar-refractivity contribution >= 4 is 46.7 Å². The van der Waals surface area contributed by atoms with Crippen LogP contribution in [0.1, 0.15) is 0 Å². The molecule has 0 aliphatic carbocycles. The Hall–Kier alpha value is -2.35. The molecule has 0 fully saturated rings. The van der Waals surface area contributed by atoms with Crippen LogP contribution >= 0.6 is 0 Å². The van der Waals surface area contributed by atoms with Crippen LogP contribution in [-0.2, 0) is 39.7 Å². The first kappa shape index (κ1) is 36.8. The Morgan fingerprint density at radius 2 is 0.514 bits per heavy atom. The van der Waals surface area contributed by atoms with Crippen LogP contribution in [0.3, 0.4) is 0 Å². The summed E-state index contributed by atoms with van der Waals surface area (Å²) >= 11 is -2.60. The molecule has 0 radical (unpaired) electrons. The van der Waals surface area contributed by atoms with Crippen LogP contribution in [0, 0.1) is 26.6 Å². The minimum absolute atomic E-state index is 0. The van der Waals surface area contributed by atoms with Crippen LogP contribution in [-0.4, -0.2) is 29.3 Å². The fraction of sp³-hybridized carbons (Fsp3) is 0.0667. The summed E-state index contributed by atoms with van der Waals surface area (Å²) in [4.78, 5) is 0. The van der Waals surface area contributed by atoms with Gasteiger partial charge in [0.2, 0.25) is 0 Å². The van der Waals surface area contributed by atoms with E-state index in [9.17, 15) is 0 Å². The maximum atomic E-state index is 7.50. The second-order valence-corrected chi connectivity index (χ2v) is 16.4. The Bertz CT molecular complexity index is 964. The van der Waals surface area contributed by atoms with Crippen LogP contribution in [0.2, 0.25) is 10.4 Å². The quantitative estimate of drug-likeness (QED) is 0.162. The molecule has 0 atom stereocenters. The van der Waals surface area contributed by atoms with E-state index in [-0.39, 0.29) is 21.1 Å². The zero-order chi connectivity index (χ0) is 27.0. The van der Waals surface area contributed by atoms with Gasteiger partial charge in [-0.1, -0.05) is 0 Å². The van der Waals surface area contributed by atoms with E-state index >= 15 is 0 Å². The summed E-state index contributed by atoms with van der Waals surface area (Å²) in [6, 6.07) is 44.9. The molecule has 4 rings (SSSR count). The summed E-state index contributed by atoms with van der Waals surface area (Å²) in [7, 11) is 0. The molecule has 0 aliphatic heterocycles. The van der Waals surface area contributed by atoms with Gasteiger partial charge in [0.15, 0.2) is 0 Å². The van der Waals surface area contributed by atoms with E-state index in [1.165, 1.54) is 10.4 Å². The first-order chi connectivity index (χ1) is 17.9. The topological polar surface area (TPSA) is 79.6 Å². The molecule has 7 heteroatoms. The van der Waals surface area contributed by atoms with Gasteiger partial charge in [-0.25, -0.2) is 0 Å². The summed E-state index contributed by atoms with van der Waals surface area (Å²) in [6.07, 6.45) is 0. The Morgan fingerprint density at radius 3 is 0.676 bits per heavy atom. The molecule has 0 N–H and O–H groups in total. The van der Waals surface area contributed by atoms with E-state index in [2.05, 4.69) is 148 Å². The van der Waals surface area contributed by atoms with Gasteiger partial charge in [-0.2, -0.15) is 0 Å². The van der Waals surface area contributed by atoms with E-state index in [4.69, 9.17) is 18.6 Å². The van der Waals surface area contributed by atoms with Crippen molar-refractivity contribution in [1.82, 2.24) is 0 Å². The predicted octanol–water partition coefficient (Wildman–Crippen LogP) is 3.45. The van der Waals surface area contributed by atoms with Crippen LogP contribution in [0.4, 0.5) is 0 Å². The fourth-order valence-electron chi connectivity index (χ4n) is 3.45. The van der Waals surface area contributed by atoms with E-state index in [0.717, 1.165) is 0 Å². The Balaban J connectivity index is 0. The Morgan fingerprint density at radius 1 is 0.351 bits per heavy atom. The summed E-state index contributed by atoms with van der Waals surface area (Å²) in [5.74, 6) is 0. The van der Waals surface area contributed by atoms with Gasteiger partial charge in [0.25, 0.3) is 0 Å². The fourth-order valence-corrected chi connectivity index (χ4v) is 16.5. The van der Waals surface area contributed by atoms with Crippen LogP contribution in [0.15, 0.2) is 121 Å². The molecule has 184 valence electrons. The third-order valence-corrected chi connectivity index (χ3v) is 17.0. The standard InChI is InChI=1S/C26H24As2.4CO.Mo/c1-5-13-23(14-6-1)27(24-15-7-2-8-16-24)21-22-28(25-17-9-3-10-18-25)26-19-11-4-12-20-26;4*1-2;/h1-20H,21-22H2;;;;;. The molecular weight excluding hydrogens is 670 g/mol. The van der Waals surface area contributed by atoms with Crippen molar-refractivity contribution in [2.24, 2.45) is 0 Å². The molecule has 0 saturated carbocycles. The van der Waals surface area contributed by atoms with E-state index in [1.807, 2.05) is 0 Å². The molecule has 4 nitrogen and oxygen atoms in total. The number of hydrogen-bond donors (Lipinski definition) is 0. The predicted molar refractivity (Wildman–Crippen MR) is 141 cm³/mol. The zero-order valence-electron chi connectivity index (χ0n) is 19.9. The van der Waals surface area contributed by atoms with E-state index in [0.29, 0.717) is 0 Å². The monoisotopic (exact) mass is 696 g/mol. The van der Waals surface area contributed by atoms with Crippen molar-refractivity contribution in [2.45, 2.75) is 10.4 Å². The molecule has 37 heavy (non-hydrogen) atoms. The molecule has 0 aromatic heterocycles. The van der Waals surface area contributed by atoms with Gasteiger partial charge >= 0.3 is 224 Å². The third-order valence-electron chi connectivity index (χ3n) is 4.82. The Labute approximate surface area is 243 Å². The van der Waals surface area contributed by atoms with Gasteiger partial charge in [-0.3, -0.25) is 0 Å². The van der Waals surface area contributed by atoms with Crippen molar-refractivity contribution in [1.29, 1.82) is 0 Å². The van der Waals surface area contributed by atoms with Gasteiger partial charge < -0.3 is 0 Å². The number of hydrogen-bond acceptors (Lipinski definition) is 0. The van der Waals surface area contributed by atoms with Crippen LogP contribution in [0.5, 0.6) is 0 Å².